The molecule has 0 saturated carbocycles. The second-order valence-electron chi connectivity index (χ2n) is 2.34. The van der Waals surface area contributed by atoms with Gasteiger partial charge in [-0.15, -0.1) is 23.1 Å². The van der Waals surface area contributed by atoms with Crippen LogP contribution < -0.4 is 11.3 Å². The predicted molar refractivity (Wildman–Crippen MR) is 58.1 cm³/mol. The molecular weight excluding hydrogens is 222 g/mol. The van der Waals surface area contributed by atoms with Crippen LogP contribution in [0.25, 0.3) is 0 Å². The molecule has 0 spiro atoms. The van der Waals surface area contributed by atoms with E-state index in [1.54, 1.807) is 6.20 Å². The zero-order valence-electron chi connectivity index (χ0n) is 7.65. The normalized spacial score (nSPS) is 9.86. The molecule has 0 unspecified atom stereocenters. The lowest BCUT2D eigenvalue weighted by Crippen LogP contribution is -2.05. The van der Waals surface area contributed by atoms with Crippen molar-refractivity contribution in [2.75, 3.05) is 18.3 Å². The lowest BCUT2D eigenvalue weighted by Gasteiger charge is -1.97. The van der Waals surface area contributed by atoms with Crippen LogP contribution in [-0.2, 0) is 15.3 Å². The maximum atomic E-state index is 10.8. The van der Waals surface area contributed by atoms with Crippen LogP contribution in [0.2, 0.25) is 0 Å². The summed E-state index contributed by atoms with van der Waals surface area (Å²) in [5.41, 5.74) is 2.46. The smallest absolute Gasteiger partial charge is 0.315 e. The van der Waals surface area contributed by atoms with Crippen molar-refractivity contribution in [1.29, 1.82) is 0 Å². The number of hydrazine groups is 1. The summed E-state index contributed by atoms with van der Waals surface area (Å²) in [6.45, 7) is 0. The number of hydrogen-bond donors (Lipinski definition) is 2. The van der Waals surface area contributed by atoms with E-state index >= 15 is 0 Å². The van der Waals surface area contributed by atoms with Gasteiger partial charge in [0.15, 0.2) is 5.13 Å². The number of methoxy groups -OCH3 is 1. The number of nitrogens with zero attached hydrogens (tertiary/aromatic N) is 1. The van der Waals surface area contributed by atoms with Crippen molar-refractivity contribution in [2.24, 2.45) is 5.84 Å². The number of nitrogens with two attached hydrogens (primary N) is 1. The lowest BCUT2D eigenvalue weighted by molar-refractivity contribution is -0.137. The van der Waals surface area contributed by atoms with Gasteiger partial charge in [0.1, 0.15) is 0 Å². The van der Waals surface area contributed by atoms with E-state index in [-0.39, 0.29) is 5.97 Å². The molecule has 0 atom stereocenters. The SMILES string of the molecule is COC(=O)CSCc1cnc(NN)s1. The Bertz CT molecular complexity index is 303. The molecule has 1 aromatic rings. The Morgan fingerprint density at radius 1 is 1.86 bits per heavy atom. The molecule has 78 valence electrons. The summed E-state index contributed by atoms with van der Waals surface area (Å²) in [7, 11) is 1.38. The number of carbonyl (C=O) groups is 1. The van der Waals surface area contributed by atoms with Crippen molar-refractivity contribution < 1.29 is 9.53 Å². The third kappa shape index (κ3) is 3.52. The summed E-state index contributed by atoms with van der Waals surface area (Å²) in [5, 5.41) is 0.679. The molecule has 0 radical (unpaired) electrons. The van der Waals surface area contributed by atoms with Crippen molar-refractivity contribution in [3.63, 3.8) is 0 Å². The van der Waals surface area contributed by atoms with E-state index in [1.807, 2.05) is 0 Å². The van der Waals surface area contributed by atoms with Gasteiger partial charge in [-0.3, -0.25) is 10.2 Å². The van der Waals surface area contributed by atoms with Gasteiger partial charge in [0, 0.05) is 16.8 Å². The zero-order chi connectivity index (χ0) is 10.4. The topological polar surface area (TPSA) is 77.2 Å². The largest absolute Gasteiger partial charge is 0.468 e. The predicted octanol–water partition coefficient (Wildman–Crippen LogP) is 0.835. The Morgan fingerprint density at radius 2 is 2.64 bits per heavy atom. The molecule has 3 N–H and O–H groups in total. The van der Waals surface area contributed by atoms with Crippen molar-refractivity contribution in [1.82, 2.24) is 4.98 Å². The molecule has 14 heavy (non-hydrogen) atoms. The molecule has 0 aliphatic heterocycles. The lowest BCUT2D eigenvalue weighted by atomic mass is 10.6. The van der Waals surface area contributed by atoms with Gasteiger partial charge in [0.05, 0.1) is 12.9 Å². The molecule has 0 amide bonds. The minimum Gasteiger partial charge on any atom is -0.468 e. The first kappa shape index (κ1) is 11.3. The Hall–Kier alpha value is -0.790. The van der Waals surface area contributed by atoms with E-state index in [2.05, 4.69) is 15.1 Å². The summed E-state index contributed by atoms with van der Waals surface area (Å²) in [4.78, 5) is 15.9. The summed E-state index contributed by atoms with van der Waals surface area (Å²) in [5.74, 6) is 6.07. The molecular formula is C7H11N3O2S2. The number of thioether (sulfide) groups is 1. The number of rotatable bonds is 5. The standard InChI is InChI=1S/C7H11N3O2S2/c1-12-6(11)4-13-3-5-2-9-7(10-8)14-5/h2H,3-4,8H2,1H3,(H,9,10). The van der Waals surface area contributed by atoms with Crippen molar-refractivity contribution in [2.45, 2.75) is 5.75 Å². The highest BCUT2D eigenvalue weighted by atomic mass is 32.2. The van der Waals surface area contributed by atoms with Gasteiger partial charge in [-0.2, -0.15) is 0 Å². The zero-order valence-corrected chi connectivity index (χ0v) is 9.28. The number of thiazole rings is 1. The highest BCUT2D eigenvalue weighted by Crippen LogP contribution is 2.21. The third-order valence-corrected chi connectivity index (χ3v) is 3.44. The average molecular weight is 233 g/mol. The number of nitrogen functional groups attached to an aromatic ring is 1. The average Bonchev–Trinajstić information content (AvgIpc) is 2.65. The van der Waals surface area contributed by atoms with Crippen LogP contribution in [0.5, 0.6) is 0 Å². The molecule has 0 bridgehead atoms. The van der Waals surface area contributed by atoms with E-state index in [4.69, 9.17) is 5.84 Å². The number of hydrogen-bond acceptors (Lipinski definition) is 7. The van der Waals surface area contributed by atoms with Crippen LogP contribution in [-0.4, -0.2) is 23.8 Å². The second-order valence-corrected chi connectivity index (χ2v) is 4.45. The quantitative estimate of drug-likeness (QED) is 0.446. The van der Waals surface area contributed by atoms with Gasteiger partial charge in [-0.1, -0.05) is 0 Å². The highest BCUT2D eigenvalue weighted by molar-refractivity contribution is 7.99. The minimum atomic E-state index is -0.211. The monoisotopic (exact) mass is 233 g/mol. The summed E-state index contributed by atoms with van der Waals surface area (Å²) in [6, 6.07) is 0. The van der Waals surface area contributed by atoms with Crippen LogP contribution in [0.3, 0.4) is 0 Å². The number of anilines is 1. The van der Waals surface area contributed by atoms with E-state index in [1.165, 1.54) is 30.2 Å². The molecule has 0 aromatic carbocycles. The van der Waals surface area contributed by atoms with Crippen molar-refractivity contribution >= 4 is 34.2 Å². The number of aromatic nitrogens is 1. The van der Waals surface area contributed by atoms with Crippen LogP contribution in [0.15, 0.2) is 6.20 Å². The number of esters is 1. The summed E-state index contributed by atoms with van der Waals surface area (Å²) in [6.07, 6.45) is 1.74. The van der Waals surface area contributed by atoms with Gasteiger partial charge in [-0.25, -0.2) is 10.8 Å². The molecule has 7 heteroatoms. The fourth-order valence-electron chi connectivity index (χ4n) is 0.735. The fourth-order valence-corrected chi connectivity index (χ4v) is 2.40. The fraction of sp³-hybridized carbons (Fsp3) is 0.429. The summed E-state index contributed by atoms with van der Waals surface area (Å²) < 4.78 is 4.51. The maximum Gasteiger partial charge on any atom is 0.315 e. The van der Waals surface area contributed by atoms with E-state index < -0.39 is 0 Å². The number of nitrogens with one attached hydrogen (secondary N) is 1. The first-order valence-corrected chi connectivity index (χ1v) is 5.79. The van der Waals surface area contributed by atoms with Gasteiger partial charge in [0.2, 0.25) is 0 Å². The first-order valence-electron chi connectivity index (χ1n) is 3.82. The summed E-state index contributed by atoms with van der Waals surface area (Å²) >= 11 is 2.96. The van der Waals surface area contributed by atoms with Crippen LogP contribution >= 0.6 is 23.1 Å². The van der Waals surface area contributed by atoms with E-state index in [9.17, 15) is 4.79 Å². The molecule has 0 aliphatic rings. The molecule has 1 heterocycles. The molecule has 0 fully saturated rings. The van der Waals surface area contributed by atoms with Crippen LogP contribution in [0.4, 0.5) is 5.13 Å². The van der Waals surface area contributed by atoms with Gasteiger partial charge >= 0.3 is 5.97 Å². The Balaban J connectivity index is 2.27. The van der Waals surface area contributed by atoms with E-state index in [0.29, 0.717) is 10.9 Å². The minimum absolute atomic E-state index is 0.211. The molecule has 0 saturated heterocycles. The first-order chi connectivity index (χ1) is 6.76. The molecule has 1 aromatic heterocycles. The molecule has 1 rings (SSSR count). The second kappa shape index (κ2) is 5.84. The number of ether oxygens (including phenoxy) is 1. The van der Waals surface area contributed by atoms with Crippen molar-refractivity contribution in [3.05, 3.63) is 11.1 Å². The van der Waals surface area contributed by atoms with Crippen molar-refractivity contribution in [3.8, 4) is 0 Å². The Labute approximate surface area is 90.0 Å². The van der Waals surface area contributed by atoms with Gasteiger partial charge in [0.25, 0.3) is 0 Å². The van der Waals surface area contributed by atoms with Crippen LogP contribution in [0, 0.1) is 0 Å². The highest BCUT2D eigenvalue weighted by Gasteiger charge is 2.03. The molecule has 5 nitrogen and oxygen atoms in total. The van der Waals surface area contributed by atoms with Crippen LogP contribution in [0.1, 0.15) is 4.88 Å². The Morgan fingerprint density at radius 3 is 3.21 bits per heavy atom. The number of carbonyl (C=O) groups excluding carboxylic acids is 1. The third-order valence-electron chi connectivity index (χ3n) is 1.37. The Kier molecular flexibility index (Phi) is 4.71. The van der Waals surface area contributed by atoms with Gasteiger partial charge < -0.3 is 4.74 Å². The van der Waals surface area contributed by atoms with E-state index in [0.717, 1.165) is 10.6 Å². The van der Waals surface area contributed by atoms with Gasteiger partial charge in [-0.05, 0) is 0 Å². The maximum absolute atomic E-state index is 10.8. The molecule has 0 aliphatic carbocycles.